The van der Waals surface area contributed by atoms with Crippen LogP contribution in [0.4, 0.5) is 0 Å². The fourth-order valence-electron chi connectivity index (χ4n) is 1.39. The second-order valence-electron chi connectivity index (χ2n) is 3.59. The van der Waals surface area contributed by atoms with Crippen LogP contribution in [0.25, 0.3) is 0 Å². The summed E-state index contributed by atoms with van der Waals surface area (Å²) in [7, 11) is 0. The summed E-state index contributed by atoms with van der Waals surface area (Å²) < 4.78 is 5.69. The molecule has 0 atom stereocenters. The summed E-state index contributed by atoms with van der Waals surface area (Å²) in [6, 6.07) is 4.03. The van der Waals surface area contributed by atoms with Crippen LogP contribution in [-0.4, -0.2) is 17.8 Å². The van der Waals surface area contributed by atoms with Gasteiger partial charge in [0.05, 0.1) is 17.6 Å². The normalized spacial score (nSPS) is 15.5. The smallest absolute Gasteiger partial charge is 0.104 e. The number of aliphatic hydroxyl groups excluding tert-OH is 1. The first-order chi connectivity index (χ1) is 7.38. The van der Waals surface area contributed by atoms with E-state index in [2.05, 4.69) is 11.8 Å². The Morgan fingerprint density at radius 3 is 3.00 bits per heavy atom. The van der Waals surface area contributed by atoms with Gasteiger partial charge in [-0.05, 0) is 31.4 Å². The van der Waals surface area contributed by atoms with E-state index in [9.17, 15) is 0 Å². The Kier molecular flexibility index (Phi) is 3.79. The number of aliphatic hydroxyl groups is 1. The average Bonchev–Trinajstić information content (AvgIpc) is 2.60. The highest BCUT2D eigenvalue weighted by Gasteiger charge is 2.17. The molecule has 1 N–H and O–H groups in total. The summed E-state index contributed by atoms with van der Waals surface area (Å²) in [5, 5.41) is 8.56. The van der Waals surface area contributed by atoms with E-state index in [-0.39, 0.29) is 6.61 Å². The third kappa shape index (κ3) is 3.07. The lowest BCUT2D eigenvalue weighted by Gasteiger charge is -2.25. The predicted octanol–water partition coefficient (Wildman–Crippen LogP) is 2.16. The topological polar surface area (TPSA) is 29.5 Å². The summed E-state index contributed by atoms with van der Waals surface area (Å²) in [6.07, 6.45) is 4.21. The lowest BCUT2D eigenvalue weighted by atomic mass is 9.96. The summed E-state index contributed by atoms with van der Waals surface area (Å²) in [4.78, 5) is 2.21. The molecule has 3 heteroatoms. The van der Waals surface area contributed by atoms with Crippen molar-refractivity contribution in [3.05, 3.63) is 21.9 Å². The molecule has 1 heterocycles. The van der Waals surface area contributed by atoms with Crippen molar-refractivity contribution in [2.45, 2.75) is 32.0 Å². The van der Waals surface area contributed by atoms with Crippen molar-refractivity contribution in [2.24, 2.45) is 0 Å². The highest BCUT2D eigenvalue weighted by molar-refractivity contribution is 7.12. The van der Waals surface area contributed by atoms with Gasteiger partial charge in [0.1, 0.15) is 6.61 Å². The second-order valence-corrected chi connectivity index (χ2v) is 4.76. The van der Waals surface area contributed by atoms with Crippen molar-refractivity contribution in [1.29, 1.82) is 0 Å². The van der Waals surface area contributed by atoms with Crippen molar-refractivity contribution < 1.29 is 9.84 Å². The van der Waals surface area contributed by atoms with Gasteiger partial charge in [0.25, 0.3) is 0 Å². The molecule has 80 valence electrons. The maximum Gasteiger partial charge on any atom is 0.104 e. The number of hydrogen-bond acceptors (Lipinski definition) is 3. The fourth-order valence-corrected chi connectivity index (χ4v) is 2.19. The summed E-state index contributed by atoms with van der Waals surface area (Å²) in [5.74, 6) is 5.53. The molecular formula is C12H14O2S. The molecule has 0 radical (unpaired) electrons. The fraction of sp³-hybridized carbons (Fsp3) is 0.500. The van der Waals surface area contributed by atoms with Crippen LogP contribution in [0.2, 0.25) is 0 Å². The van der Waals surface area contributed by atoms with E-state index in [0.29, 0.717) is 12.7 Å². The van der Waals surface area contributed by atoms with Gasteiger partial charge in [-0.3, -0.25) is 0 Å². The second kappa shape index (κ2) is 5.32. The molecule has 0 amide bonds. The maximum atomic E-state index is 8.56. The Balaban J connectivity index is 1.83. The van der Waals surface area contributed by atoms with E-state index in [0.717, 1.165) is 4.88 Å². The van der Waals surface area contributed by atoms with Crippen LogP contribution in [-0.2, 0) is 11.3 Å². The Bertz CT molecular complexity index is 368. The van der Waals surface area contributed by atoms with Crippen LogP contribution < -0.4 is 0 Å². The zero-order chi connectivity index (χ0) is 10.5. The molecule has 0 aliphatic heterocycles. The van der Waals surface area contributed by atoms with Gasteiger partial charge in [0, 0.05) is 4.88 Å². The molecule has 1 aliphatic rings. The zero-order valence-corrected chi connectivity index (χ0v) is 9.35. The van der Waals surface area contributed by atoms with E-state index in [4.69, 9.17) is 9.84 Å². The van der Waals surface area contributed by atoms with Gasteiger partial charge in [-0.1, -0.05) is 11.8 Å². The highest BCUT2D eigenvalue weighted by Crippen LogP contribution is 2.24. The van der Waals surface area contributed by atoms with Gasteiger partial charge in [0.2, 0.25) is 0 Å². The van der Waals surface area contributed by atoms with E-state index in [1.165, 1.54) is 24.1 Å². The van der Waals surface area contributed by atoms with Crippen LogP contribution in [0, 0.1) is 11.8 Å². The molecular weight excluding hydrogens is 208 g/mol. The summed E-state index contributed by atoms with van der Waals surface area (Å²) in [6.45, 7) is 0.627. The third-order valence-electron chi connectivity index (χ3n) is 2.47. The Labute approximate surface area is 93.9 Å². The molecule has 15 heavy (non-hydrogen) atoms. The Hall–Kier alpha value is -0.820. The minimum Gasteiger partial charge on any atom is -0.384 e. The van der Waals surface area contributed by atoms with Gasteiger partial charge in [-0.15, -0.1) is 11.3 Å². The van der Waals surface area contributed by atoms with Gasteiger partial charge < -0.3 is 9.84 Å². The number of ether oxygens (including phenoxy) is 1. The number of thiophene rings is 1. The molecule has 1 aromatic heterocycles. The molecule has 2 rings (SSSR count). The first-order valence-corrected chi connectivity index (χ1v) is 6.00. The van der Waals surface area contributed by atoms with E-state index >= 15 is 0 Å². The summed E-state index contributed by atoms with van der Waals surface area (Å²) >= 11 is 1.64. The standard InChI is InChI=1S/C12H14O2S/c13-8-2-5-11-6-7-12(15-11)9-14-10-3-1-4-10/h6-7,10,13H,1,3-4,8-9H2. The number of rotatable bonds is 3. The minimum atomic E-state index is -0.0776. The van der Waals surface area contributed by atoms with Crippen LogP contribution in [0.3, 0.4) is 0 Å². The summed E-state index contributed by atoms with van der Waals surface area (Å²) in [5.41, 5.74) is 0. The molecule has 1 aliphatic carbocycles. The molecule has 1 saturated carbocycles. The van der Waals surface area contributed by atoms with Crippen molar-refractivity contribution in [3.8, 4) is 11.8 Å². The average molecular weight is 222 g/mol. The molecule has 0 unspecified atom stereocenters. The van der Waals surface area contributed by atoms with E-state index < -0.39 is 0 Å². The van der Waals surface area contributed by atoms with Gasteiger partial charge in [-0.2, -0.15) is 0 Å². The Morgan fingerprint density at radius 2 is 2.33 bits per heavy atom. The highest BCUT2D eigenvalue weighted by atomic mass is 32.1. The minimum absolute atomic E-state index is 0.0776. The van der Waals surface area contributed by atoms with E-state index in [1.807, 2.05) is 12.1 Å². The van der Waals surface area contributed by atoms with Crippen LogP contribution in [0.5, 0.6) is 0 Å². The molecule has 0 spiro atoms. The first kappa shape index (κ1) is 10.7. The predicted molar refractivity (Wildman–Crippen MR) is 60.7 cm³/mol. The SMILES string of the molecule is OCC#Cc1ccc(COC2CCC2)s1. The molecule has 1 aromatic rings. The molecule has 0 saturated heterocycles. The third-order valence-corrected chi connectivity index (χ3v) is 3.44. The van der Waals surface area contributed by atoms with Gasteiger partial charge >= 0.3 is 0 Å². The molecule has 0 bridgehead atoms. The Morgan fingerprint density at radius 1 is 1.47 bits per heavy atom. The van der Waals surface area contributed by atoms with Crippen molar-refractivity contribution in [2.75, 3.05) is 6.61 Å². The first-order valence-electron chi connectivity index (χ1n) is 5.18. The van der Waals surface area contributed by atoms with Crippen molar-refractivity contribution in [3.63, 3.8) is 0 Å². The zero-order valence-electron chi connectivity index (χ0n) is 8.53. The lowest BCUT2D eigenvalue weighted by molar-refractivity contribution is -0.00744. The van der Waals surface area contributed by atoms with Crippen molar-refractivity contribution >= 4 is 11.3 Å². The number of hydrogen-bond donors (Lipinski definition) is 1. The monoisotopic (exact) mass is 222 g/mol. The van der Waals surface area contributed by atoms with Crippen LogP contribution in [0.1, 0.15) is 29.0 Å². The molecule has 0 aromatic carbocycles. The maximum absolute atomic E-state index is 8.56. The van der Waals surface area contributed by atoms with Crippen molar-refractivity contribution in [1.82, 2.24) is 0 Å². The van der Waals surface area contributed by atoms with Crippen LogP contribution in [0.15, 0.2) is 12.1 Å². The van der Waals surface area contributed by atoms with Crippen LogP contribution >= 0.6 is 11.3 Å². The quantitative estimate of drug-likeness (QED) is 0.794. The van der Waals surface area contributed by atoms with E-state index in [1.54, 1.807) is 11.3 Å². The molecule has 2 nitrogen and oxygen atoms in total. The molecule has 1 fully saturated rings. The van der Waals surface area contributed by atoms with Gasteiger partial charge in [-0.25, -0.2) is 0 Å². The van der Waals surface area contributed by atoms with Gasteiger partial charge in [0.15, 0.2) is 0 Å². The largest absolute Gasteiger partial charge is 0.384 e. The lowest BCUT2D eigenvalue weighted by Crippen LogP contribution is -2.20.